The minimum absolute atomic E-state index is 0.113. The molecule has 2 aromatic carbocycles. The molecule has 1 N–H and O–H groups in total. The molecular weight excluding hydrogens is 362 g/mol. The number of amides is 1. The average molecular weight is 385 g/mol. The molecule has 0 aliphatic carbocycles. The molecule has 0 unspecified atom stereocenters. The third-order valence-corrected chi connectivity index (χ3v) is 3.91. The van der Waals surface area contributed by atoms with E-state index in [2.05, 4.69) is 5.32 Å². The number of benzene rings is 2. The van der Waals surface area contributed by atoms with E-state index in [0.29, 0.717) is 22.7 Å². The van der Waals surface area contributed by atoms with Crippen molar-refractivity contribution >= 4 is 23.3 Å². The second-order valence-corrected chi connectivity index (χ2v) is 6.20. The SMILES string of the molecule is COc1cc(C(C)=O)ccc1OCC(=O)O[C@@H](C)C(=O)Nc1ccc(C)cc1. The first-order valence-corrected chi connectivity index (χ1v) is 8.69. The maximum atomic E-state index is 12.1. The molecule has 2 rings (SSSR count). The molecule has 1 amide bonds. The Hall–Kier alpha value is -3.35. The molecule has 7 nitrogen and oxygen atoms in total. The van der Waals surface area contributed by atoms with Gasteiger partial charge in [-0.15, -0.1) is 0 Å². The Morgan fingerprint density at radius 3 is 2.32 bits per heavy atom. The summed E-state index contributed by atoms with van der Waals surface area (Å²) in [6.07, 6.45) is -0.987. The van der Waals surface area contributed by atoms with Crippen molar-refractivity contribution in [3.8, 4) is 11.5 Å². The van der Waals surface area contributed by atoms with Crippen LogP contribution < -0.4 is 14.8 Å². The summed E-state index contributed by atoms with van der Waals surface area (Å²) in [5.41, 5.74) is 2.15. The minimum atomic E-state index is -0.987. The van der Waals surface area contributed by atoms with E-state index >= 15 is 0 Å². The summed E-state index contributed by atoms with van der Waals surface area (Å²) in [6.45, 7) is 4.45. The molecule has 2 aromatic rings. The average Bonchev–Trinajstić information content (AvgIpc) is 2.67. The lowest BCUT2D eigenvalue weighted by atomic mass is 10.1. The lowest BCUT2D eigenvalue weighted by Crippen LogP contribution is -2.31. The predicted octanol–water partition coefficient (Wildman–Crippen LogP) is 3.16. The van der Waals surface area contributed by atoms with Gasteiger partial charge in [0, 0.05) is 11.3 Å². The molecular formula is C21H23NO6. The van der Waals surface area contributed by atoms with Gasteiger partial charge in [0.1, 0.15) is 0 Å². The first kappa shape index (κ1) is 21.0. The number of hydrogen-bond donors (Lipinski definition) is 1. The third kappa shape index (κ3) is 5.84. The van der Waals surface area contributed by atoms with Gasteiger partial charge in [0.15, 0.2) is 30.0 Å². The topological polar surface area (TPSA) is 90.9 Å². The van der Waals surface area contributed by atoms with Gasteiger partial charge in [-0.3, -0.25) is 9.59 Å². The van der Waals surface area contributed by atoms with Crippen LogP contribution in [0.1, 0.15) is 29.8 Å². The molecule has 0 aliphatic heterocycles. The summed E-state index contributed by atoms with van der Waals surface area (Å²) >= 11 is 0. The Morgan fingerprint density at radius 2 is 1.71 bits per heavy atom. The normalized spacial score (nSPS) is 11.3. The summed E-state index contributed by atoms with van der Waals surface area (Å²) in [5, 5.41) is 2.67. The van der Waals surface area contributed by atoms with Crippen molar-refractivity contribution in [3.05, 3.63) is 53.6 Å². The van der Waals surface area contributed by atoms with Crippen molar-refractivity contribution in [2.24, 2.45) is 0 Å². The maximum Gasteiger partial charge on any atom is 0.344 e. The van der Waals surface area contributed by atoms with Crippen LogP contribution in [0.15, 0.2) is 42.5 Å². The first-order valence-electron chi connectivity index (χ1n) is 8.69. The van der Waals surface area contributed by atoms with Crippen molar-refractivity contribution in [1.29, 1.82) is 0 Å². The van der Waals surface area contributed by atoms with Crippen molar-refractivity contribution < 1.29 is 28.6 Å². The van der Waals surface area contributed by atoms with Crippen LogP contribution in [0, 0.1) is 6.92 Å². The summed E-state index contributed by atoms with van der Waals surface area (Å²) in [4.78, 5) is 35.5. The number of methoxy groups -OCH3 is 1. The molecule has 0 fully saturated rings. The van der Waals surface area contributed by atoms with Crippen molar-refractivity contribution in [1.82, 2.24) is 0 Å². The number of aryl methyl sites for hydroxylation is 1. The molecule has 0 heterocycles. The zero-order valence-electron chi connectivity index (χ0n) is 16.3. The van der Waals surface area contributed by atoms with E-state index in [0.717, 1.165) is 5.56 Å². The highest BCUT2D eigenvalue weighted by atomic mass is 16.6. The van der Waals surface area contributed by atoms with Crippen LogP contribution in [0.3, 0.4) is 0 Å². The maximum absolute atomic E-state index is 12.1. The fourth-order valence-electron chi connectivity index (χ4n) is 2.31. The number of rotatable bonds is 8. The fourth-order valence-corrected chi connectivity index (χ4v) is 2.31. The lowest BCUT2D eigenvalue weighted by Gasteiger charge is -2.15. The number of ketones is 1. The van der Waals surface area contributed by atoms with Gasteiger partial charge in [0.05, 0.1) is 7.11 Å². The zero-order chi connectivity index (χ0) is 20.7. The van der Waals surface area contributed by atoms with Gasteiger partial charge in [-0.25, -0.2) is 4.79 Å². The zero-order valence-corrected chi connectivity index (χ0v) is 16.3. The second-order valence-electron chi connectivity index (χ2n) is 6.20. The van der Waals surface area contributed by atoms with E-state index in [4.69, 9.17) is 14.2 Å². The van der Waals surface area contributed by atoms with E-state index in [1.165, 1.54) is 33.1 Å². The van der Waals surface area contributed by atoms with Gasteiger partial charge in [-0.1, -0.05) is 17.7 Å². The molecule has 0 radical (unpaired) electrons. The molecule has 7 heteroatoms. The second kappa shape index (κ2) is 9.55. The number of anilines is 1. The lowest BCUT2D eigenvalue weighted by molar-refractivity contribution is -0.155. The summed E-state index contributed by atoms with van der Waals surface area (Å²) < 4.78 is 15.7. The summed E-state index contributed by atoms with van der Waals surface area (Å²) in [7, 11) is 1.43. The van der Waals surface area contributed by atoms with Gasteiger partial charge in [-0.2, -0.15) is 0 Å². The number of esters is 1. The van der Waals surface area contributed by atoms with E-state index in [-0.39, 0.29) is 5.78 Å². The van der Waals surface area contributed by atoms with E-state index < -0.39 is 24.6 Å². The van der Waals surface area contributed by atoms with Crippen LogP contribution in [0.4, 0.5) is 5.69 Å². The van der Waals surface area contributed by atoms with Crippen molar-refractivity contribution in [2.45, 2.75) is 26.9 Å². The molecule has 1 atom stereocenters. The Balaban J connectivity index is 1.88. The van der Waals surface area contributed by atoms with Crippen LogP contribution in [-0.4, -0.2) is 37.5 Å². The molecule has 0 spiro atoms. The Bertz CT molecular complexity index is 860. The number of carbonyl (C=O) groups is 3. The molecule has 0 aromatic heterocycles. The Morgan fingerprint density at radius 1 is 1.04 bits per heavy atom. The predicted molar refractivity (Wildman–Crippen MR) is 104 cm³/mol. The van der Waals surface area contributed by atoms with E-state index in [9.17, 15) is 14.4 Å². The highest BCUT2D eigenvalue weighted by molar-refractivity contribution is 5.95. The van der Waals surface area contributed by atoms with E-state index in [1.54, 1.807) is 18.2 Å². The van der Waals surface area contributed by atoms with Crippen LogP contribution >= 0.6 is 0 Å². The number of carbonyl (C=O) groups excluding carboxylic acids is 3. The third-order valence-electron chi connectivity index (χ3n) is 3.91. The molecule has 0 saturated carbocycles. The number of Topliss-reactive ketones (excluding diaryl/α,β-unsaturated/α-hetero) is 1. The molecule has 28 heavy (non-hydrogen) atoms. The monoisotopic (exact) mass is 385 g/mol. The van der Waals surface area contributed by atoms with Gasteiger partial charge >= 0.3 is 5.97 Å². The fraction of sp³-hybridized carbons (Fsp3) is 0.286. The summed E-state index contributed by atoms with van der Waals surface area (Å²) in [5.74, 6) is -0.644. The summed E-state index contributed by atoms with van der Waals surface area (Å²) in [6, 6.07) is 11.9. The standard InChI is InChI=1S/C21H23NO6/c1-13-5-8-17(9-6-13)22-21(25)15(3)28-20(24)12-27-18-10-7-16(14(2)23)11-19(18)26-4/h5-11,15H,12H2,1-4H3,(H,22,25)/t15-/m0/s1. The Labute approximate surface area is 163 Å². The number of nitrogens with one attached hydrogen (secondary N) is 1. The number of hydrogen-bond acceptors (Lipinski definition) is 6. The highest BCUT2D eigenvalue weighted by Gasteiger charge is 2.19. The molecule has 0 aliphatic rings. The van der Waals surface area contributed by atoms with Gasteiger partial charge in [-0.05, 0) is 51.1 Å². The Kier molecular flexibility index (Phi) is 7.14. The smallest absolute Gasteiger partial charge is 0.344 e. The number of ether oxygens (including phenoxy) is 3. The molecule has 148 valence electrons. The van der Waals surface area contributed by atoms with Crippen molar-refractivity contribution in [2.75, 3.05) is 19.0 Å². The van der Waals surface area contributed by atoms with Crippen LogP contribution in [-0.2, 0) is 14.3 Å². The first-order chi connectivity index (χ1) is 13.3. The largest absolute Gasteiger partial charge is 0.493 e. The van der Waals surface area contributed by atoms with Gasteiger partial charge < -0.3 is 19.5 Å². The van der Waals surface area contributed by atoms with Crippen LogP contribution in [0.2, 0.25) is 0 Å². The molecule has 0 saturated heterocycles. The van der Waals surface area contributed by atoms with Crippen LogP contribution in [0.5, 0.6) is 11.5 Å². The van der Waals surface area contributed by atoms with E-state index in [1.807, 2.05) is 19.1 Å². The van der Waals surface area contributed by atoms with Crippen molar-refractivity contribution in [3.63, 3.8) is 0 Å². The highest BCUT2D eigenvalue weighted by Crippen LogP contribution is 2.28. The quantitative estimate of drug-likeness (QED) is 0.554. The molecule has 0 bridgehead atoms. The van der Waals surface area contributed by atoms with Gasteiger partial charge in [0.25, 0.3) is 5.91 Å². The minimum Gasteiger partial charge on any atom is -0.493 e. The van der Waals surface area contributed by atoms with Gasteiger partial charge in [0.2, 0.25) is 0 Å². The van der Waals surface area contributed by atoms with Crippen LogP contribution in [0.25, 0.3) is 0 Å².